The zero-order valence-corrected chi connectivity index (χ0v) is 16.4. The number of carboxylic acids is 1. The molecule has 0 bridgehead atoms. The van der Waals surface area contributed by atoms with Crippen LogP contribution in [0.15, 0.2) is 34.7 Å². The molecular formula is C18H21N3O4S2. The smallest absolute Gasteiger partial charge is 0.416 e. The molecule has 1 amide bonds. The zero-order valence-electron chi connectivity index (χ0n) is 14.7. The highest BCUT2D eigenvalue weighted by atomic mass is 32.2. The molecule has 1 N–H and O–H groups in total. The van der Waals surface area contributed by atoms with E-state index in [0.717, 1.165) is 43.0 Å². The Morgan fingerprint density at radius 2 is 1.93 bits per heavy atom. The van der Waals surface area contributed by atoms with Crippen LogP contribution in [-0.2, 0) is 16.1 Å². The first-order valence-electron chi connectivity index (χ1n) is 8.81. The molecule has 7 nitrogen and oxygen atoms in total. The fourth-order valence-corrected chi connectivity index (χ4v) is 4.62. The molecule has 1 aliphatic rings. The van der Waals surface area contributed by atoms with Crippen LogP contribution in [-0.4, -0.2) is 39.2 Å². The molecule has 144 valence electrons. The Bertz CT molecular complexity index is 763. The van der Waals surface area contributed by atoms with Gasteiger partial charge < -0.3 is 9.84 Å². The van der Waals surface area contributed by atoms with Gasteiger partial charge in [-0.3, -0.25) is 4.79 Å². The van der Waals surface area contributed by atoms with Crippen molar-refractivity contribution in [3.8, 4) is 0 Å². The van der Waals surface area contributed by atoms with E-state index in [1.54, 1.807) is 4.90 Å². The summed E-state index contributed by atoms with van der Waals surface area (Å²) in [4.78, 5) is 25.2. The van der Waals surface area contributed by atoms with Crippen molar-refractivity contribution < 1.29 is 19.4 Å². The highest BCUT2D eigenvalue weighted by Crippen LogP contribution is 2.33. The summed E-state index contributed by atoms with van der Waals surface area (Å²) in [5, 5.41) is 17.4. The number of rotatable bonds is 7. The number of carbonyl (C=O) groups is 2. The van der Waals surface area contributed by atoms with Crippen LogP contribution < -0.4 is 4.90 Å². The predicted molar refractivity (Wildman–Crippen MR) is 104 cm³/mol. The number of benzene rings is 1. The molecule has 2 aromatic rings. The molecule has 3 rings (SSSR count). The zero-order chi connectivity index (χ0) is 19.1. The van der Waals surface area contributed by atoms with E-state index in [1.165, 1.54) is 17.8 Å². The number of carbonyl (C=O) groups excluding carboxylic acids is 1. The van der Waals surface area contributed by atoms with Gasteiger partial charge in [0.25, 0.3) is 0 Å². The molecule has 0 spiro atoms. The van der Waals surface area contributed by atoms with Crippen LogP contribution in [0.3, 0.4) is 0 Å². The number of thioether (sulfide) groups is 1. The van der Waals surface area contributed by atoms with Gasteiger partial charge in [-0.25, -0.2) is 9.69 Å². The van der Waals surface area contributed by atoms with Gasteiger partial charge in [-0.1, -0.05) is 72.7 Å². The van der Waals surface area contributed by atoms with E-state index in [1.807, 2.05) is 30.3 Å². The van der Waals surface area contributed by atoms with Gasteiger partial charge in [0.15, 0.2) is 4.34 Å². The number of aliphatic carboxylic acids is 1. The average Bonchev–Trinajstić information content (AvgIpc) is 3.15. The lowest BCUT2D eigenvalue weighted by molar-refractivity contribution is -0.133. The fourth-order valence-electron chi connectivity index (χ4n) is 2.99. The molecular weight excluding hydrogens is 386 g/mol. The molecule has 1 aromatic heterocycles. The first-order valence-corrected chi connectivity index (χ1v) is 10.6. The number of anilines is 1. The van der Waals surface area contributed by atoms with Gasteiger partial charge in [0.2, 0.25) is 5.13 Å². The molecule has 0 atom stereocenters. The van der Waals surface area contributed by atoms with Crippen molar-refractivity contribution in [2.75, 3.05) is 10.7 Å². The van der Waals surface area contributed by atoms with Gasteiger partial charge in [-0.15, -0.1) is 10.2 Å². The van der Waals surface area contributed by atoms with E-state index >= 15 is 0 Å². The van der Waals surface area contributed by atoms with Crippen molar-refractivity contribution in [3.63, 3.8) is 0 Å². The average molecular weight is 408 g/mol. The summed E-state index contributed by atoms with van der Waals surface area (Å²) >= 11 is 2.33. The van der Waals surface area contributed by atoms with Gasteiger partial charge in [0.1, 0.15) is 6.61 Å². The molecule has 0 radical (unpaired) electrons. The summed E-state index contributed by atoms with van der Waals surface area (Å²) in [6, 6.07) is 9.56. The quantitative estimate of drug-likeness (QED) is 0.543. The van der Waals surface area contributed by atoms with Gasteiger partial charge in [0.05, 0.1) is 5.75 Å². The van der Waals surface area contributed by atoms with Crippen molar-refractivity contribution >= 4 is 40.3 Å². The Kier molecular flexibility index (Phi) is 7.05. The van der Waals surface area contributed by atoms with Gasteiger partial charge in [-0.05, 0) is 18.4 Å². The Morgan fingerprint density at radius 1 is 1.19 bits per heavy atom. The van der Waals surface area contributed by atoms with Crippen LogP contribution >= 0.6 is 23.1 Å². The van der Waals surface area contributed by atoms with Crippen LogP contribution in [0, 0.1) is 0 Å². The molecule has 1 aliphatic carbocycles. The van der Waals surface area contributed by atoms with Gasteiger partial charge in [-0.2, -0.15) is 0 Å². The Hall–Kier alpha value is -2.13. The Labute approximate surface area is 165 Å². The van der Waals surface area contributed by atoms with Crippen LogP contribution in [0.4, 0.5) is 9.93 Å². The molecule has 0 saturated heterocycles. The number of carboxylic acid groups (broad SMARTS) is 1. The summed E-state index contributed by atoms with van der Waals surface area (Å²) in [6.07, 6.45) is 4.66. The second-order valence-electron chi connectivity index (χ2n) is 6.23. The number of hydrogen-bond acceptors (Lipinski definition) is 7. The second kappa shape index (κ2) is 9.70. The van der Waals surface area contributed by atoms with E-state index in [2.05, 4.69) is 10.2 Å². The maximum atomic E-state index is 12.8. The lowest BCUT2D eigenvalue weighted by Crippen LogP contribution is -2.42. The maximum absolute atomic E-state index is 12.8. The summed E-state index contributed by atoms with van der Waals surface area (Å²) in [5.74, 6) is -1.00. The monoisotopic (exact) mass is 407 g/mol. The van der Waals surface area contributed by atoms with Crippen molar-refractivity contribution in [1.29, 1.82) is 0 Å². The lowest BCUT2D eigenvalue weighted by Gasteiger charge is -2.31. The minimum atomic E-state index is -0.914. The minimum Gasteiger partial charge on any atom is -0.481 e. The Morgan fingerprint density at radius 3 is 2.63 bits per heavy atom. The molecule has 9 heteroatoms. The maximum Gasteiger partial charge on any atom is 0.416 e. The molecule has 27 heavy (non-hydrogen) atoms. The van der Waals surface area contributed by atoms with Crippen molar-refractivity contribution in [2.45, 2.75) is 49.1 Å². The fraction of sp³-hybridized carbons (Fsp3) is 0.444. The summed E-state index contributed by atoms with van der Waals surface area (Å²) in [6.45, 7) is 0.197. The number of hydrogen-bond donors (Lipinski definition) is 1. The largest absolute Gasteiger partial charge is 0.481 e. The summed E-state index contributed by atoms with van der Waals surface area (Å²) in [7, 11) is 0. The van der Waals surface area contributed by atoms with E-state index in [-0.39, 0.29) is 18.4 Å². The SMILES string of the molecule is O=C(O)CSc1nnc(N(C(=O)OCc2ccccc2)C2CCCCC2)s1. The Balaban J connectivity index is 1.72. The number of aromatic nitrogens is 2. The highest BCUT2D eigenvalue weighted by Gasteiger charge is 2.31. The van der Waals surface area contributed by atoms with Crippen LogP contribution in [0.1, 0.15) is 37.7 Å². The molecule has 0 unspecified atom stereocenters. The van der Waals surface area contributed by atoms with Crippen molar-refractivity contribution in [2.24, 2.45) is 0 Å². The van der Waals surface area contributed by atoms with Crippen LogP contribution in [0.5, 0.6) is 0 Å². The van der Waals surface area contributed by atoms with Crippen molar-refractivity contribution in [1.82, 2.24) is 10.2 Å². The predicted octanol–water partition coefficient (Wildman–Crippen LogP) is 4.19. The molecule has 1 saturated carbocycles. The first-order chi connectivity index (χ1) is 13.1. The van der Waals surface area contributed by atoms with Gasteiger partial charge in [0, 0.05) is 6.04 Å². The molecule has 1 fully saturated rings. The number of ether oxygens (including phenoxy) is 1. The van der Waals surface area contributed by atoms with E-state index in [9.17, 15) is 9.59 Å². The lowest BCUT2D eigenvalue weighted by atomic mass is 9.95. The third-order valence-corrected chi connectivity index (χ3v) is 6.30. The molecule has 1 aromatic carbocycles. The number of nitrogens with zero attached hydrogens (tertiary/aromatic N) is 3. The van der Waals surface area contributed by atoms with E-state index in [4.69, 9.17) is 9.84 Å². The summed E-state index contributed by atoms with van der Waals surface area (Å²) < 4.78 is 6.06. The third-order valence-electron chi connectivity index (χ3n) is 4.26. The molecule has 1 heterocycles. The van der Waals surface area contributed by atoms with E-state index < -0.39 is 12.1 Å². The van der Waals surface area contributed by atoms with Crippen LogP contribution in [0.2, 0.25) is 0 Å². The van der Waals surface area contributed by atoms with Gasteiger partial charge >= 0.3 is 12.1 Å². The summed E-state index contributed by atoms with van der Waals surface area (Å²) in [5.41, 5.74) is 0.921. The molecule has 0 aliphatic heterocycles. The minimum absolute atomic E-state index is 0.0345. The normalized spacial score (nSPS) is 14.7. The van der Waals surface area contributed by atoms with E-state index in [0.29, 0.717) is 9.47 Å². The highest BCUT2D eigenvalue weighted by molar-refractivity contribution is 8.01. The number of amides is 1. The van der Waals surface area contributed by atoms with Crippen LogP contribution in [0.25, 0.3) is 0 Å². The standard InChI is InChI=1S/C18H21N3O4S2/c22-15(23)12-26-17-20-19-16(27-17)21(14-9-5-2-6-10-14)18(24)25-11-13-7-3-1-4-8-13/h1,3-4,7-8,14H,2,5-6,9-12H2,(H,22,23). The topological polar surface area (TPSA) is 92.6 Å². The second-order valence-corrected chi connectivity index (χ2v) is 8.41. The third kappa shape index (κ3) is 5.67. The van der Waals surface area contributed by atoms with Crippen molar-refractivity contribution in [3.05, 3.63) is 35.9 Å². The first kappa shape index (κ1) is 19.6.